The van der Waals surface area contributed by atoms with Crippen molar-refractivity contribution in [1.82, 2.24) is 9.80 Å². The standard InChI is InChI=1S/C31H37N3O2/c1-21-22(2)29-26(23(3)28(21)32)19-31(4,36-29)20-33-15-17-34(18-16-33)30(35)27(24-11-7-5-8-12-24)25-13-9-6-10-14-25/h5-14,27H,15-20,32H2,1-4H3. The van der Waals surface area contributed by atoms with E-state index in [2.05, 4.69) is 56.9 Å². The molecule has 2 aliphatic rings. The van der Waals surface area contributed by atoms with E-state index in [1.54, 1.807) is 0 Å². The molecule has 2 aliphatic heterocycles. The zero-order chi connectivity index (χ0) is 25.4. The average molecular weight is 484 g/mol. The van der Waals surface area contributed by atoms with Gasteiger partial charge in [0.25, 0.3) is 0 Å². The van der Waals surface area contributed by atoms with Gasteiger partial charge in [-0.1, -0.05) is 60.7 Å². The van der Waals surface area contributed by atoms with Gasteiger partial charge in [-0.05, 0) is 55.5 Å². The molecule has 3 aromatic carbocycles. The van der Waals surface area contributed by atoms with Gasteiger partial charge in [0.15, 0.2) is 0 Å². The molecule has 1 atom stereocenters. The van der Waals surface area contributed by atoms with Crippen LogP contribution in [0.1, 0.15) is 46.2 Å². The van der Waals surface area contributed by atoms with Gasteiger partial charge in [-0.25, -0.2) is 0 Å². The first kappa shape index (κ1) is 24.4. The molecule has 36 heavy (non-hydrogen) atoms. The zero-order valence-corrected chi connectivity index (χ0v) is 21.9. The van der Waals surface area contributed by atoms with Crippen LogP contribution in [-0.2, 0) is 11.2 Å². The third-order valence-electron chi connectivity index (χ3n) is 8.09. The van der Waals surface area contributed by atoms with E-state index in [0.717, 1.165) is 78.4 Å². The molecule has 0 saturated carbocycles. The maximum Gasteiger partial charge on any atom is 0.234 e. The van der Waals surface area contributed by atoms with E-state index in [1.165, 1.54) is 5.56 Å². The molecule has 5 nitrogen and oxygen atoms in total. The lowest BCUT2D eigenvalue weighted by atomic mass is 9.89. The van der Waals surface area contributed by atoms with E-state index in [9.17, 15) is 4.79 Å². The lowest BCUT2D eigenvalue weighted by molar-refractivity contribution is -0.133. The number of carbonyl (C=O) groups excluding carboxylic acids is 1. The van der Waals surface area contributed by atoms with Crippen molar-refractivity contribution in [3.8, 4) is 5.75 Å². The highest BCUT2D eigenvalue weighted by atomic mass is 16.5. The lowest BCUT2D eigenvalue weighted by Crippen LogP contribution is -2.54. The van der Waals surface area contributed by atoms with Crippen molar-refractivity contribution >= 4 is 11.6 Å². The molecule has 1 amide bonds. The molecule has 2 N–H and O–H groups in total. The lowest BCUT2D eigenvalue weighted by Gasteiger charge is -2.39. The Hall–Kier alpha value is -3.31. The van der Waals surface area contributed by atoms with Gasteiger partial charge in [-0.3, -0.25) is 9.69 Å². The maximum atomic E-state index is 13.8. The van der Waals surface area contributed by atoms with Crippen LogP contribution < -0.4 is 10.5 Å². The van der Waals surface area contributed by atoms with Crippen molar-refractivity contribution in [2.45, 2.75) is 45.6 Å². The number of benzene rings is 3. The first-order valence-corrected chi connectivity index (χ1v) is 13.0. The summed E-state index contributed by atoms with van der Waals surface area (Å²) in [5, 5.41) is 0. The Balaban J connectivity index is 1.27. The Kier molecular flexibility index (Phi) is 6.52. The van der Waals surface area contributed by atoms with Crippen LogP contribution in [-0.4, -0.2) is 54.0 Å². The van der Waals surface area contributed by atoms with Gasteiger partial charge in [0.2, 0.25) is 5.91 Å². The van der Waals surface area contributed by atoms with Crippen molar-refractivity contribution in [1.29, 1.82) is 0 Å². The minimum absolute atomic E-state index is 0.181. The van der Waals surface area contributed by atoms with Crippen LogP contribution in [0.4, 0.5) is 5.69 Å². The molecule has 5 rings (SSSR count). The molecule has 0 radical (unpaired) electrons. The summed E-state index contributed by atoms with van der Waals surface area (Å²) in [6, 6.07) is 20.3. The van der Waals surface area contributed by atoms with Gasteiger partial charge in [0, 0.05) is 50.4 Å². The third-order valence-corrected chi connectivity index (χ3v) is 8.09. The summed E-state index contributed by atoms with van der Waals surface area (Å²) in [6.07, 6.45) is 0.864. The summed E-state index contributed by atoms with van der Waals surface area (Å²) in [5.41, 5.74) is 13.7. The first-order chi connectivity index (χ1) is 17.3. The Morgan fingerprint density at radius 3 is 2.00 bits per heavy atom. The quantitative estimate of drug-likeness (QED) is 0.527. The van der Waals surface area contributed by atoms with Gasteiger partial charge in [-0.2, -0.15) is 0 Å². The fourth-order valence-electron chi connectivity index (χ4n) is 5.86. The number of hydrogen-bond donors (Lipinski definition) is 1. The minimum atomic E-state index is -0.291. The molecule has 0 bridgehead atoms. The summed E-state index contributed by atoms with van der Waals surface area (Å²) in [4.78, 5) is 18.2. The Bertz CT molecular complexity index is 1170. The second-order valence-corrected chi connectivity index (χ2v) is 10.7. The van der Waals surface area contributed by atoms with E-state index in [-0.39, 0.29) is 17.4 Å². The van der Waals surface area contributed by atoms with E-state index in [1.807, 2.05) is 41.3 Å². The molecule has 0 aliphatic carbocycles. The SMILES string of the molecule is Cc1c(C)c2c(c(C)c1N)CC(C)(CN1CCN(C(=O)C(c3ccccc3)c3ccccc3)CC1)O2. The third kappa shape index (κ3) is 4.48. The molecule has 0 aromatic heterocycles. The first-order valence-electron chi connectivity index (χ1n) is 13.0. The van der Waals surface area contributed by atoms with E-state index in [4.69, 9.17) is 10.5 Å². The minimum Gasteiger partial charge on any atom is -0.485 e. The van der Waals surface area contributed by atoms with Gasteiger partial charge in [0.1, 0.15) is 11.4 Å². The fraction of sp³-hybridized carbons (Fsp3) is 0.387. The molecule has 2 heterocycles. The number of ether oxygens (including phenoxy) is 1. The van der Waals surface area contributed by atoms with Crippen LogP contribution in [0, 0.1) is 20.8 Å². The van der Waals surface area contributed by atoms with E-state index < -0.39 is 0 Å². The fourth-order valence-corrected chi connectivity index (χ4v) is 5.86. The number of nitrogen functional groups attached to an aromatic ring is 1. The smallest absolute Gasteiger partial charge is 0.234 e. The number of nitrogens with two attached hydrogens (primary N) is 1. The second-order valence-electron chi connectivity index (χ2n) is 10.7. The van der Waals surface area contributed by atoms with Crippen molar-refractivity contribution < 1.29 is 9.53 Å². The number of hydrogen-bond acceptors (Lipinski definition) is 4. The van der Waals surface area contributed by atoms with Gasteiger partial charge in [-0.15, -0.1) is 0 Å². The summed E-state index contributed by atoms with van der Waals surface area (Å²) < 4.78 is 6.60. The van der Waals surface area contributed by atoms with Crippen molar-refractivity contribution in [2.75, 3.05) is 38.5 Å². The Morgan fingerprint density at radius 2 is 1.44 bits per heavy atom. The number of nitrogens with zero attached hydrogens (tertiary/aromatic N) is 2. The van der Waals surface area contributed by atoms with Gasteiger partial charge >= 0.3 is 0 Å². The predicted octanol–water partition coefficient (Wildman–Crippen LogP) is 4.86. The van der Waals surface area contributed by atoms with Crippen LogP contribution in [0.25, 0.3) is 0 Å². The molecule has 188 valence electrons. The van der Waals surface area contributed by atoms with Gasteiger partial charge in [0.05, 0.1) is 5.92 Å². The highest BCUT2D eigenvalue weighted by Gasteiger charge is 2.40. The molecular formula is C31H37N3O2. The number of anilines is 1. The van der Waals surface area contributed by atoms with E-state index in [0.29, 0.717) is 0 Å². The van der Waals surface area contributed by atoms with E-state index >= 15 is 0 Å². The summed E-state index contributed by atoms with van der Waals surface area (Å²) >= 11 is 0. The number of carbonyl (C=O) groups is 1. The van der Waals surface area contributed by atoms with Crippen LogP contribution >= 0.6 is 0 Å². The second kappa shape index (κ2) is 9.62. The number of rotatable bonds is 5. The largest absolute Gasteiger partial charge is 0.485 e. The zero-order valence-electron chi connectivity index (χ0n) is 21.9. The summed E-state index contributed by atoms with van der Waals surface area (Å²) in [7, 11) is 0. The topological polar surface area (TPSA) is 58.8 Å². The van der Waals surface area contributed by atoms with Crippen molar-refractivity contribution in [3.63, 3.8) is 0 Å². The van der Waals surface area contributed by atoms with Crippen LogP contribution in [0.2, 0.25) is 0 Å². The van der Waals surface area contributed by atoms with Crippen molar-refractivity contribution in [2.24, 2.45) is 0 Å². The predicted molar refractivity (Wildman–Crippen MR) is 146 cm³/mol. The highest BCUT2D eigenvalue weighted by Crippen LogP contribution is 2.44. The summed E-state index contributed by atoms with van der Waals surface area (Å²) in [6.45, 7) is 12.5. The van der Waals surface area contributed by atoms with Crippen LogP contribution in [0.15, 0.2) is 60.7 Å². The normalized spacial score (nSPS) is 19.9. The summed E-state index contributed by atoms with van der Waals surface area (Å²) in [5.74, 6) is 0.924. The Labute approximate surface area is 214 Å². The van der Waals surface area contributed by atoms with Crippen LogP contribution in [0.3, 0.4) is 0 Å². The molecule has 0 spiro atoms. The Morgan fingerprint density at radius 1 is 0.889 bits per heavy atom. The molecule has 1 fully saturated rings. The number of piperazine rings is 1. The molecule has 5 heteroatoms. The van der Waals surface area contributed by atoms with Crippen LogP contribution in [0.5, 0.6) is 5.75 Å². The molecule has 1 unspecified atom stereocenters. The van der Waals surface area contributed by atoms with Crippen molar-refractivity contribution in [3.05, 3.63) is 94.0 Å². The van der Waals surface area contributed by atoms with Gasteiger partial charge < -0.3 is 15.4 Å². The average Bonchev–Trinajstić information content (AvgIpc) is 3.25. The molecular weight excluding hydrogens is 446 g/mol. The molecule has 3 aromatic rings. The number of amides is 1. The maximum absolute atomic E-state index is 13.8. The highest BCUT2D eigenvalue weighted by molar-refractivity contribution is 5.87. The monoisotopic (exact) mass is 483 g/mol. The number of fused-ring (bicyclic) bond motifs is 1. The molecule has 1 saturated heterocycles.